The van der Waals surface area contributed by atoms with Crippen molar-refractivity contribution >= 4 is 11.9 Å². The molecule has 1 aromatic carbocycles. The highest BCUT2D eigenvalue weighted by Crippen LogP contribution is 2.23. The summed E-state index contributed by atoms with van der Waals surface area (Å²) in [5, 5.41) is 13.3. The summed E-state index contributed by atoms with van der Waals surface area (Å²) in [6, 6.07) is 7.72. The van der Waals surface area contributed by atoms with Gasteiger partial charge in [-0.25, -0.2) is 0 Å². The van der Waals surface area contributed by atoms with Gasteiger partial charge in [0.25, 0.3) is 5.91 Å². The van der Waals surface area contributed by atoms with Crippen molar-refractivity contribution in [3.05, 3.63) is 47.8 Å². The molecule has 2 aromatic rings. The van der Waals surface area contributed by atoms with Crippen LogP contribution in [0.2, 0.25) is 0 Å². The maximum Gasteiger partial charge on any atom is 0.303 e. The van der Waals surface area contributed by atoms with Gasteiger partial charge in [-0.05, 0) is 43.4 Å². The summed E-state index contributed by atoms with van der Waals surface area (Å²) < 4.78 is 6.90. The van der Waals surface area contributed by atoms with E-state index in [1.165, 1.54) is 0 Å². The number of rotatable bonds is 7. The number of carboxylic acid groups (broad SMARTS) is 1. The molecule has 1 atom stereocenters. The van der Waals surface area contributed by atoms with Gasteiger partial charge in [0.2, 0.25) is 0 Å². The van der Waals surface area contributed by atoms with Gasteiger partial charge in [-0.1, -0.05) is 12.1 Å². The summed E-state index contributed by atoms with van der Waals surface area (Å²) in [4.78, 5) is 25.6. The van der Waals surface area contributed by atoms with Gasteiger partial charge in [0.1, 0.15) is 5.75 Å². The predicted octanol–water partition coefficient (Wildman–Crippen LogP) is 2.80. The first-order chi connectivity index (χ1) is 13.1. The Morgan fingerprint density at radius 2 is 2.04 bits per heavy atom. The molecule has 0 aliphatic carbocycles. The topological polar surface area (TPSA) is 84.7 Å². The molecule has 0 bridgehead atoms. The van der Waals surface area contributed by atoms with Crippen molar-refractivity contribution in [1.29, 1.82) is 0 Å². The zero-order valence-corrected chi connectivity index (χ0v) is 15.5. The second-order valence-electron chi connectivity index (χ2n) is 6.86. The highest BCUT2D eigenvalue weighted by atomic mass is 16.5. The molecule has 1 aliphatic heterocycles. The van der Waals surface area contributed by atoms with Gasteiger partial charge in [-0.2, -0.15) is 5.10 Å². The van der Waals surface area contributed by atoms with Crippen LogP contribution in [0.15, 0.2) is 36.7 Å². The summed E-state index contributed by atoms with van der Waals surface area (Å²) in [6.45, 7) is 1.24. The first kappa shape index (κ1) is 18.9. The first-order valence-corrected chi connectivity index (χ1v) is 9.25. The molecule has 1 aliphatic rings. The van der Waals surface area contributed by atoms with E-state index in [9.17, 15) is 9.59 Å². The summed E-state index contributed by atoms with van der Waals surface area (Å²) in [5.41, 5.74) is 1.61. The number of methoxy groups -OCH3 is 1. The molecule has 1 fully saturated rings. The Morgan fingerprint density at radius 1 is 1.26 bits per heavy atom. The number of nitrogens with zero attached hydrogens (tertiary/aromatic N) is 3. The van der Waals surface area contributed by atoms with Crippen LogP contribution in [0.5, 0.6) is 5.75 Å². The molecule has 0 spiro atoms. The summed E-state index contributed by atoms with van der Waals surface area (Å²) in [7, 11) is 1.63. The van der Waals surface area contributed by atoms with Crippen LogP contribution in [0.25, 0.3) is 0 Å². The maximum absolute atomic E-state index is 12.9. The first-order valence-electron chi connectivity index (χ1n) is 9.25. The average Bonchev–Trinajstić information content (AvgIpc) is 3.15. The Bertz CT molecular complexity index is 785. The molecular weight excluding hydrogens is 346 g/mol. The van der Waals surface area contributed by atoms with Crippen molar-refractivity contribution in [3.63, 3.8) is 0 Å². The van der Waals surface area contributed by atoms with E-state index in [-0.39, 0.29) is 18.4 Å². The van der Waals surface area contributed by atoms with Crippen LogP contribution in [0.3, 0.4) is 0 Å². The van der Waals surface area contributed by atoms with Crippen LogP contribution in [-0.2, 0) is 11.3 Å². The van der Waals surface area contributed by atoms with Gasteiger partial charge in [0, 0.05) is 25.2 Å². The number of ether oxygens (including phenoxy) is 1. The lowest BCUT2D eigenvalue weighted by molar-refractivity contribution is -0.137. The van der Waals surface area contributed by atoms with E-state index < -0.39 is 5.97 Å². The fourth-order valence-electron chi connectivity index (χ4n) is 3.50. The molecule has 0 saturated carbocycles. The van der Waals surface area contributed by atoms with E-state index in [4.69, 9.17) is 9.84 Å². The fourth-order valence-corrected chi connectivity index (χ4v) is 3.50. The van der Waals surface area contributed by atoms with E-state index in [1.54, 1.807) is 24.2 Å². The zero-order chi connectivity index (χ0) is 19.2. The smallest absolute Gasteiger partial charge is 0.303 e. The van der Waals surface area contributed by atoms with Gasteiger partial charge in [-0.15, -0.1) is 0 Å². The minimum absolute atomic E-state index is 0.00714. The Morgan fingerprint density at radius 3 is 2.74 bits per heavy atom. The Labute approximate surface area is 158 Å². The lowest BCUT2D eigenvalue weighted by atomic mass is 9.97. The Balaban J connectivity index is 1.66. The molecule has 7 heteroatoms. The minimum Gasteiger partial charge on any atom is -0.497 e. The number of likely N-dealkylation sites (tertiary alicyclic amines) is 1. The molecule has 1 aromatic heterocycles. The molecule has 1 unspecified atom stereocenters. The summed E-state index contributed by atoms with van der Waals surface area (Å²) >= 11 is 0. The quantitative estimate of drug-likeness (QED) is 0.809. The largest absolute Gasteiger partial charge is 0.497 e. The van der Waals surface area contributed by atoms with Crippen LogP contribution in [0, 0.1) is 0 Å². The Kier molecular flexibility index (Phi) is 6.11. The number of carbonyl (C=O) groups is 2. The molecule has 1 saturated heterocycles. The van der Waals surface area contributed by atoms with E-state index in [0.717, 1.165) is 30.6 Å². The highest BCUT2D eigenvalue weighted by molar-refractivity contribution is 5.94. The molecular formula is C20H25N3O4. The van der Waals surface area contributed by atoms with Gasteiger partial charge in [0.05, 0.1) is 25.4 Å². The van der Waals surface area contributed by atoms with Crippen LogP contribution in [-0.4, -0.2) is 51.4 Å². The second-order valence-corrected chi connectivity index (χ2v) is 6.86. The molecule has 7 nitrogen and oxygen atoms in total. The van der Waals surface area contributed by atoms with Crippen LogP contribution in [0.4, 0.5) is 0 Å². The SMILES string of the molecule is COc1ccc(Cn2cc(C(=O)N3CCCCC3CCC(=O)O)cn2)cc1. The van der Waals surface area contributed by atoms with E-state index >= 15 is 0 Å². The molecule has 2 heterocycles. The lowest BCUT2D eigenvalue weighted by Crippen LogP contribution is -2.43. The van der Waals surface area contributed by atoms with E-state index in [0.29, 0.717) is 25.1 Å². The number of carbonyl (C=O) groups excluding carboxylic acids is 1. The van der Waals surface area contributed by atoms with Crippen LogP contribution < -0.4 is 4.74 Å². The van der Waals surface area contributed by atoms with Crippen molar-refractivity contribution in [2.45, 2.75) is 44.7 Å². The number of carboxylic acids is 1. The van der Waals surface area contributed by atoms with Crippen molar-refractivity contribution in [2.75, 3.05) is 13.7 Å². The van der Waals surface area contributed by atoms with Gasteiger partial charge >= 0.3 is 5.97 Å². The summed E-state index contributed by atoms with van der Waals surface area (Å²) in [6.07, 6.45) is 6.79. The van der Waals surface area contributed by atoms with Gasteiger partial charge in [0.15, 0.2) is 0 Å². The molecule has 27 heavy (non-hydrogen) atoms. The third-order valence-electron chi connectivity index (χ3n) is 4.96. The van der Waals surface area contributed by atoms with Crippen molar-refractivity contribution in [2.24, 2.45) is 0 Å². The number of hydrogen-bond acceptors (Lipinski definition) is 4. The molecule has 0 radical (unpaired) electrons. The molecule has 1 amide bonds. The number of aliphatic carboxylic acids is 1. The highest BCUT2D eigenvalue weighted by Gasteiger charge is 2.28. The van der Waals surface area contributed by atoms with Crippen LogP contribution in [0.1, 0.15) is 48.0 Å². The third kappa shape index (κ3) is 4.87. The predicted molar refractivity (Wildman–Crippen MR) is 99.9 cm³/mol. The van der Waals surface area contributed by atoms with Gasteiger partial charge in [-0.3, -0.25) is 14.3 Å². The fraction of sp³-hybridized carbons (Fsp3) is 0.450. The van der Waals surface area contributed by atoms with E-state index in [2.05, 4.69) is 5.10 Å². The van der Waals surface area contributed by atoms with Crippen molar-refractivity contribution < 1.29 is 19.4 Å². The number of amides is 1. The minimum atomic E-state index is -0.819. The maximum atomic E-state index is 12.9. The lowest BCUT2D eigenvalue weighted by Gasteiger charge is -2.35. The molecule has 3 rings (SSSR count). The van der Waals surface area contributed by atoms with Crippen molar-refractivity contribution in [1.82, 2.24) is 14.7 Å². The second kappa shape index (κ2) is 8.70. The Hall–Kier alpha value is -2.83. The average molecular weight is 371 g/mol. The van der Waals surface area contributed by atoms with Gasteiger partial charge < -0.3 is 14.7 Å². The van der Waals surface area contributed by atoms with E-state index in [1.807, 2.05) is 29.2 Å². The number of benzene rings is 1. The third-order valence-corrected chi connectivity index (χ3v) is 4.96. The number of aromatic nitrogens is 2. The molecule has 144 valence electrons. The normalized spacial score (nSPS) is 16.9. The molecule has 1 N–H and O–H groups in total. The summed E-state index contributed by atoms with van der Waals surface area (Å²) in [5.74, 6) is -0.0843. The monoisotopic (exact) mass is 371 g/mol. The standard InChI is InChI=1S/C20H25N3O4/c1-27-18-8-5-15(6-9-18)13-22-14-16(12-21-22)20(26)23-11-3-2-4-17(23)7-10-19(24)25/h5-6,8-9,12,14,17H,2-4,7,10-11,13H2,1H3,(H,24,25). The number of hydrogen-bond donors (Lipinski definition) is 1. The number of piperidine rings is 1. The van der Waals surface area contributed by atoms with Crippen molar-refractivity contribution in [3.8, 4) is 5.75 Å². The zero-order valence-electron chi connectivity index (χ0n) is 15.5. The van der Waals surface area contributed by atoms with Crippen LogP contribution >= 0.6 is 0 Å².